The van der Waals surface area contributed by atoms with Gasteiger partial charge in [-0.25, -0.2) is 4.98 Å². The molecule has 0 bridgehead atoms. The summed E-state index contributed by atoms with van der Waals surface area (Å²) >= 11 is 9.25. The summed E-state index contributed by atoms with van der Waals surface area (Å²) in [4.78, 5) is 31.4. The van der Waals surface area contributed by atoms with Crippen molar-refractivity contribution in [3.8, 4) is 0 Å². The summed E-state index contributed by atoms with van der Waals surface area (Å²) in [7, 11) is 1.63. The summed E-state index contributed by atoms with van der Waals surface area (Å²) in [5.41, 5.74) is 0.699. The molecule has 0 saturated carbocycles. The van der Waals surface area contributed by atoms with Crippen LogP contribution in [0.1, 0.15) is 18.5 Å². The summed E-state index contributed by atoms with van der Waals surface area (Å²) in [6.45, 7) is 1.80. The van der Waals surface area contributed by atoms with Gasteiger partial charge >= 0.3 is 0 Å². The Balaban J connectivity index is 2.01. The highest BCUT2D eigenvalue weighted by Crippen LogP contribution is 2.20. The number of hydrogen-bond donors (Lipinski definition) is 2. The predicted octanol–water partition coefficient (Wildman–Crippen LogP) is 3.21. The lowest BCUT2D eigenvalue weighted by Crippen LogP contribution is -2.26. The second-order valence-electron chi connectivity index (χ2n) is 5.45. The van der Waals surface area contributed by atoms with Gasteiger partial charge in [0.2, 0.25) is 0 Å². The third kappa shape index (κ3) is 3.09. The fourth-order valence-corrected chi connectivity index (χ4v) is 2.86. The highest BCUT2D eigenvalue weighted by Gasteiger charge is 2.14. The lowest BCUT2D eigenvalue weighted by Gasteiger charge is -2.15. The molecule has 0 aliphatic carbocycles. The minimum absolute atomic E-state index is 0.179. The predicted molar refractivity (Wildman–Crippen MR) is 98.8 cm³/mol. The van der Waals surface area contributed by atoms with Gasteiger partial charge in [0.1, 0.15) is 4.60 Å². The van der Waals surface area contributed by atoms with Gasteiger partial charge < -0.3 is 14.9 Å². The SMILES string of the molecule is CC(Nc1ncc(Br)n(C)c1=O)c1cc2cc(Cl)ccc2[nH]c1=O. The van der Waals surface area contributed by atoms with Crippen LogP contribution in [-0.4, -0.2) is 14.5 Å². The van der Waals surface area contributed by atoms with Crippen LogP contribution >= 0.6 is 27.5 Å². The minimum Gasteiger partial charge on any atom is -0.359 e. The first-order chi connectivity index (χ1) is 11.4. The Morgan fingerprint density at radius 2 is 2.08 bits per heavy atom. The standard InChI is InChI=1S/C16H14BrClN4O2/c1-8(20-14-16(24)22(2)13(17)7-19-14)11-6-9-5-10(18)3-4-12(9)21-15(11)23/h3-8H,1-2H3,(H,19,20)(H,21,23). The third-order valence-electron chi connectivity index (χ3n) is 3.78. The molecule has 2 aromatic heterocycles. The molecule has 2 N–H and O–H groups in total. The number of fused-ring (bicyclic) bond motifs is 1. The van der Waals surface area contributed by atoms with E-state index in [0.29, 0.717) is 20.7 Å². The van der Waals surface area contributed by atoms with Crippen LogP contribution in [0.2, 0.25) is 5.02 Å². The van der Waals surface area contributed by atoms with Gasteiger partial charge in [-0.3, -0.25) is 9.59 Å². The average molecular weight is 410 g/mol. The molecule has 0 aliphatic heterocycles. The number of aromatic nitrogens is 3. The van der Waals surface area contributed by atoms with Crippen LogP contribution in [0, 0.1) is 0 Å². The van der Waals surface area contributed by atoms with E-state index in [-0.39, 0.29) is 16.9 Å². The molecule has 1 aromatic carbocycles. The smallest absolute Gasteiger partial charge is 0.293 e. The van der Waals surface area contributed by atoms with Gasteiger partial charge in [-0.05, 0) is 47.1 Å². The van der Waals surface area contributed by atoms with E-state index < -0.39 is 6.04 Å². The van der Waals surface area contributed by atoms with Crippen molar-refractivity contribution in [3.05, 3.63) is 66.4 Å². The van der Waals surface area contributed by atoms with Crippen LogP contribution in [-0.2, 0) is 7.05 Å². The first-order valence-electron chi connectivity index (χ1n) is 7.17. The van der Waals surface area contributed by atoms with Gasteiger partial charge in [-0.15, -0.1) is 0 Å². The maximum absolute atomic E-state index is 12.3. The van der Waals surface area contributed by atoms with Crippen LogP contribution in [0.25, 0.3) is 10.9 Å². The zero-order valence-electron chi connectivity index (χ0n) is 12.9. The van der Waals surface area contributed by atoms with Crippen LogP contribution in [0.4, 0.5) is 5.82 Å². The Morgan fingerprint density at radius 3 is 2.83 bits per heavy atom. The van der Waals surface area contributed by atoms with Crippen molar-refractivity contribution >= 4 is 44.3 Å². The molecule has 0 fully saturated rings. The van der Waals surface area contributed by atoms with E-state index >= 15 is 0 Å². The van der Waals surface area contributed by atoms with Crippen molar-refractivity contribution in [2.45, 2.75) is 13.0 Å². The van der Waals surface area contributed by atoms with E-state index in [1.807, 2.05) is 0 Å². The zero-order chi connectivity index (χ0) is 17.4. The Hall–Kier alpha value is -2.12. The summed E-state index contributed by atoms with van der Waals surface area (Å²) in [6, 6.07) is 6.61. The molecule has 2 heterocycles. The lowest BCUT2D eigenvalue weighted by atomic mass is 10.1. The minimum atomic E-state index is -0.404. The molecule has 0 amide bonds. The molecule has 6 nitrogen and oxygen atoms in total. The Labute approximate surface area is 150 Å². The lowest BCUT2D eigenvalue weighted by molar-refractivity contribution is 0.792. The second-order valence-corrected chi connectivity index (χ2v) is 6.69. The monoisotopic (exact) mass is 408 g/mol. The molecule has 0 radical (unpaired) electrons. The number of H-pyrrole nitrogens is 1. The molecule has 1 atom stereocenters. The van der Waals surface area contributed by atoms with E-state index in [2.05, 4.69) is 31.2 Å². The van der Waals surface area contributed by atoms with Gasteiger partial charge in [0.15, 0.2) is 5.82 Å². The normalized spacial score (nSPS) is 12.3. The van der Waals surface area contributed by atoms with Crippen molar-refractivity contribution in [2.24, 2.45) is 7.05 Å². The molecular weight excluding hydrogens is 396 g/mol. The van der Waals surface area contributed by atoms with E-state index in [1.165, 1.54) is 10.8 Å². The zero-order valence-corrected chi connectivity index (χ0v) is 15.3. The molecule has 8 heteroatoms. The Kier molecular flexibility index (Phi) is 4.47. The van der Waals surface area contributed by atoms with E-state index in [1.54, 1.807) is 38.2 Å². The summed E-state index contributed by atoms with van der Waals surface area (Å²) < 4.78 is 2.00. The Morgan fingerprint density at radius 1 is 1.33 bits per heavy atom. The molecular formula is C16H14BrClN4O2. The van der Waals surface area contributed by atoms with Crippen molar-refractivity contribution in [2.75, 3.05) is 5.32 Å². The molecule has 0 saturated heterocycles. The van der Waals surface area contributed by atoms with Crippen molar-refractivity contribution in [1.82, 2.24) is 14.5 Å². The van der Waals surface area contributed by atoms with Gasteiger partial charge in [-0.2, -0.15) is 0 Å². The van der Waals surface area contributed by atoms with Crippen LogP contribution < -0.4 is 16.4 Å². The number of pyridine rings is 1. The number of nitrogens with zero attached hydrogens (tertiary/aromatic N) is 2. The molecule has 3 aromatic rings. The van der Waals surface area contributed by atoms with Gasteiger partial charge in [0, 0.05) is 28.5 Å². The third-order valence-corrected chi connectivity index (χ3v) is 4.75. The number of halogens is 2. The topological polar surface area (TPSA) is 79.8 Å². The summed E-state index contributed by atoms with van der Waals surface area (Å²) in [5.74, 6) is 0.179. The van der Waals surface area contributed by atoms with Gasteiger partial charge in [0.05, 0.1) is 12.2 Å². The number of aromatic amines is 1. The van der Waals surface area contributed by atoms with E-state index in [9.17, 15) is 9.59 Å². The highest BCUT2D eigenvalue weighted by atomic mass is 79.9. The summed E-state index contributed by atoms with van der Waals surface area (Å²) in [5, 5.41) is 4.41. The Bertz CT molecular complexity index is 1040. The van der Waals surface area contributed by atoms with Crippen molar-refractivity contribution in [3.63, 3.8) is 0 Å². The molecule has 0 spiro atoms. The largest absolute Gasteiger partial charge is 0.359 e. The van der Waals surface area contributed by atoms with Crippen molar-refractivity contribution in [1.29, 1.82) is 0 Å². The first-order valence-corrected chi connectivity index (χ1v) is 8.34. The van der Waals surface area contributed by atoms with Crippen LogP contribution in [0.15, 0.2) is 44.7 Å². The van der Waals surface area contributed by atoms with Gasteiger partial charge in [0.25, 0.3) is 11.1 Å². The molecule has 24 heavy (non-hydrogen) atoms. The molecule has 124 valence electrons. The molecule has 0 aliphatic rings. The first kappa shape index (κ1) is 16.7. The van der Waals surface area contributed by atoms with Crippen LogP contribution in [0.5, 0.6) is 0 Å². The van der Waals surface area contributed by atoms with Gasteiger partial charge in [-0.1, -0.05) is 11.6 Å². The quantitative estimate of drug-likeness (QED) is 0.696. The highest BCUT2D eigenvalue weighted by molar-refractivity contribution is 9.10. The van der Waals surface area contributed by atoms with E-state index in [0.717, 1.165) is 5.39 Å². The number of rotatable bonds is 3. The maximum atomic E-state index is 12.3. The number of nitrogens with one attached hydrogen (secondary N) is 2. The molecule has 1 unspecified atom stereocenters. The number of anilines is 1. The fraction of sp³-hybridized carbons (Fsp3) is 0.188. The summed E-state index contributed by atoms with van der Waals surface area (Å²) in [6.07, 6.45) is 1.53. The van der Waals surface area contributed by atoms with Crippen molar-refractivity contribution < 1.29 is 0 Å². The second kappa shape index (κ2) is 6.41. The van der Waals surface area contributed by atoms with E-state index in [4.69, 9.17) is 11.6 Å². The molecule has 3 rings (SSSR count). The average Bonchev–Trinajstić information content (AvgIpc) is 2.55. The number of benzene rings is 1. The maximum Gasteiger partial charge on any atom is 0.293 e. The van der Waals surface area contributed by atoms with Crippen LogP contribution in [0.3, 0.4) is 0 Å². The fourth-order valence-electron chi connectivity index (χ4n) is 2.41. The number of hydrogen-bond acceptors (Lipinski definition) is 4.